The molecule has 0 aromatic heterocycles. The number of nitrogens with one attached hydrogen (secondary N) is 2. The first-order chi connectivity index (χ1) is 9.90. The number of rotatable bonds is 8. The minimum atomic E-state index is -3.64. The zero-order valence-electron chi connectivity index (χ0n) is 12.4. The summed E-state index contributed by atoms with van der Waals surface area (Å²) >= 11 is 0. The fraction of sp³-hybridized carbons (Fsp3) is 0.500. The molecule has 21 heavy (non-hydrogen) atoms. The van der Waals surface area contributed by atoms with Crippen LogP contribution in [-0.2, 0) is 21.4 Å². The van der Waals surface area contributed by atoms with Gasteiger partial charge in [-0.25, -0.2) is 13.1 Å². The SMILES string of the molecule is CCC(C)NC(=O)CCNS(=O)(=O)c1ccccc1CN. The standard InChI is InChI=1S/C14H23N3O3S/c1-3-11(2)17-14(18)8-9-16-21(19,20)13-7-5-4-6-12(13)10-15/h4-7,11,16H,3,8-10,15H2,1-2H3,(H,17,18). The van der Waals surface area contributed by atoms with Crippen LogP contribution in [0, 0.1) is 0 Å². The molecule has 0 fully saturated rings. The molecule has 1 unspecified atom stereocenters. The number of hydrogen-bond donors (Lipinski definition) is 3. The van der Waals surface area contributed by atoms with E-state index in [0.717, 1.165) is 6.42 Å². The van der Waals surface area contributed by atoms with Crippen molar-refractivity contribution in [2.24, 2.45) is 5.73 Å². The van der Waals surface area contributed by atoms with Crippen molar-refractivity contribution in [1.29, 1.82) is 0 Å². The van der Waals surface area contributed by atoms with Crippen LogP contribution in [0.2, 0.25) is 0 Å². The van der Waals surface area contributed by atoms with Gasteiger partial charge in [-0.1, -0.05) is 25.1 Å². The highest BCUT2D eigenvalue weighted by Crippen LogP contribution is 2.14. The van der Waals surface area contributed by atoms with E-state index < -0.39 is 10.0 Å². The summed E-state index contributed by atoms with van der Waals surface area (Å²) in [5.41, 5.74) is 6.09. The van der Waals surface area contributed by atoms with Gasteiger partial charge in [-0.3, -0.25) is 4.79 Å². The molecule has 0 aliphatic rings. The number of benzene rings is 1. The lowest BCUT2D eigenvalue weighted by Crippen LogP contribution is -2.35. The Morgan fingerprint density at radius 3 is 2.62 bits per heavy atom. The van der Waals surface area contributed by atoms with E-state index in [1.54, 1.807) is 18.2 Å². The average Bonchev–Trinajstić information content (AvgIpc) is 2.46. The summed E-state index contributed by atoms with van der Waals surface area (Å²) in [6.07, 6.45) is 0.940. The summed E-state index contributed by atoms with van der Waals surface area (Å²) in [5.74, 6) is -0.167. The molecule has 4 N–H and O–H groups in total. The van der Waals surface area contributed by atoms with E-state index in [2.05, 4.69) is 10.0 Å². The molecule has 0 saturated heterocycles. The molecule has 0 heterocycles. The number of sulfonamides is 1. The van der Waals surface area contributed by atoms with Crippen molar-refractivity contribution in [3.8, 4) is 0 Å². The second kappa shape index (κ2) is 8.11. The molecular formula is C14H23N3O3S. The zero-order chi connectivity index (χ0) is 15.9. The van der Waals surface area contributed by atoms with Gasteiger partial charge in [-0.15, -0.1) is 0 Å². The van der Waals surface area contributed by atoms with Crippen molar-refractivity contribution in [2.45, 2.75) is 44.2 Å². The van der Waals surface area contributed by atoms with Crippen LogP contribution in [-0.4, -0.2) is 26.9 Å². The maximum Gasteiger partial charge on any atom is 0.240 e. The Morgan fingerprint density at radius 1 is 1.33 bits per heavy atom. The summed E-state index contributed by atoms with van der Waals surface area (Å²) in [5, 5.41) is 2.78. The Hall–Kier alpha value is -1.44. The molecule has 0 bridgehead atoms. The van der Waals surface area contributed by atoms with Crippen LogP contribution in [0.1, 0.15) is 32.3 Å². The van der Waals surface area contributed by atoms with Crippen molar-refractivity contribution >= 4 is 15.9 Å². The van der Waals surface area contributed by atoms with Gasteiger partial charge in [0.2, 0.25) is 15.9 Å². The molecule has 118 valence electrons. The second-order valence-electron chi connectivity index (χ2n) is 4.84. The highest BCUT2D eigenvalue weighted by atomic mass is 32.2. The lowest BCUT2D eigenvalue weighted by molar-refractivity contribution is -0.121. The third-order valence-electron chi connectivity index (χ3n) is 3.15. The minimum absolute atomic E-state index is 0.0590. The van der Waals surface area contributed by atoms with Crippen molar-refractivity contribution in [3.63, 3.8) is 0 Å². The summed E-state index contributed by atoms with van der Waals surface area (Å²) < 4.78 is 26.8. The van der Waals surface area contributed by atoms with E-state index in [0.29, 0.717) is 5.56 Å². The Labute approximate surface area is 126 Å². The number of carbonyl (C=O) groups excluding carboxylic acids is 1. The number of carbonyl (C=O) groups is 1. The smallest absolute Gasteiger partial charge is 0.240 e. The fourth-order valence-corrected chi connectivity index (χ4v) is 3.04. The Kier molecular flexibility index (Phi) is 6.80. The van der Waals surface area contributed by atoms with Crippen molar-refractivity contribution in [1.82, 2.24) is 10.0 Å². The predicted molar refractivity (Wildman–Crippen MR) is 82.0 cm³/mol. The van der Waals surface area contributed by atoms with Gasteiger partial charge in [0.15, 0.2) is 0 Å². The number of amides is 1. The van der Waals surface area contributed by atoms with E-state index >= 15 is 0 Å². The monoisotopic (exact) mass is 313 g/mol. The molecular weight excluding hydrogens is 290 g/mol. The van der Waals surface area contributed by atoms with Gasteiger partial charge in [0.05, 0.1) is 4.90 Å². The van der Waals surface area contributed by atoms with E-state index in [1.165, 1.54) is 6.07 Å². The molecule has 1 amide bonds. The van der Waals surface area contributed by atoms with E-state index in [1.807, 2.05) is 13.8 Å². The van der Waals surface area contributed by atoms with Crippen LogP contribution in [0.5, 0.6) is 0 Å². The van der Waals surface area contributed by atoms with Gasteiger partial charge in [0.1, 0.15) is 0 Å². The van der Waals surface area contributed by atoms with Crippen molar-refractivity contribution in [3.05, 3.63) is 29.8 Å². The quantitative estimate of drug-likeness (QED) is 0.658. The lowest BCUT2D eigenvalue weighted by Gasteiger charge is -2.12. The maximum absolute atomic E-state index is 12.2. The zero-order valence-corrected chi connectivity index (χ0v) is 13.2. The molecule has 0 aliphatic heterocycles. The molecule has 0 aliphatic carbocycles. The van der Waals surface area contributed by atoms with Gasteiger partial charge in [-0.05, 0) is 25.0 Å². The van der Waals surface area contributed by atoms with Gasteiger partial charge in [0, 0.05) is 25.6 Å². The van der Waals surface area contributed by atoms with Crippen molar-refractivity contribution in [2.75, 3.05) is 6.54 Å². The van der Waals surface area contributed by atoms with Gasteiger partial charge in [-0.2, -0.15) is 0 Å². The molecule has 7 heteroatoms. The molecule has 6 nitrogen and oxygen atoms in total. The third kappa shape index (κ3) is 5.45. The first-order valence-corrected chi connectivity index (χ1v) is 8.46. The van der Waals surface area contributed by atoms with Crippen LogP contribution in [0.3, 0.4) is 0 Å². The highest BCUT2D eigenvalue weighted by molar-refractivity contribution is 7.89. The van der Waals surface area contributed by atoms with E-state index in [4.69, 9.17) is 5.73 Å². The van der Waals surface area contributed by atoms with Gasteiger partial charge >= 0.3 is 0 Å². The molecule has 1 atom stereocenters. The third-order valence-corrected chi connectivity index (χ3v) is 4.71. The van der Waals surface area contributed by atoms with Crippen LogP contribution in [0.25, 0.3) is 0 Å². The summed E-state index contributed by atoms with van der Waals surface area (Å²) in [6.45, 7) is 4.08. The van der Waals surface area contributed by atoms with E-state index in [-0.39, 0.29) is 36.4 Å². The predicted octanol–water partition coefficient (Wildman–Crippen LogP) is 0.728. The Balaban J connectivity index is 2.60. The van der Waals surface area contributed by atoms with Gasteiger partial charge < -0.3 is 11.1 Å². The molecule has 0 spiro atoms. The van der Waals surface area contributed by atoms with E-state index in [9.17, 15) is 13.2 Å². The molecule has 1 aromatic carbocycles. The Bertz CT molecular complexity index is 573. The van der Waals surface area contributed by atoms with Crippen molar-refractivity contribution < 1.29 is 13.2 Å². The van der Waals surface area contributed by atoms with Crippen LogP contribution in [0.4, 0.5) is 0 Å². The fourth-order valence-electron chi connectivity index (χ4n) is 1.76. The number of nitrogens with two attached hydrogens (primary N) is 1. The normalized spacial score (nSPS) is 12.9. The summed E-state index contributed by atoms with van der Waals surface area (Å²) in [4.78, 5) is 11.8. The van der Waals surface area contributed by atoms with Crippen LogP contribution >= 0.6 is 0 Å². The largest absolute Gasteiger partial charge is 0.354 e. The first-order valence-electron chi connectivity index (χ1n) is 6.97. The topological polar surface area (TPSA) is 101 Å². The molecule has 1 rings (SSSR count). The van der Waals surface area contributed by atoms with Gasteiger partial charge in [0.25, 0.3) is 0 Å². The molecule has 0 saturated carbocycles. The molecule has 0 radical (unpaired) electrons. The summed E-state index contributed by atoms with van der Waals surface area (Å²) in [6, 6.07) is 6.64. The number of hydrogen-bond acceptors (Lipinski definition) is 4. The highest BCUT2D eigenvalue weighted by Gasteiger charge is 2.17. The Morgan fingerprint density at radius 2 is 2.00 bits per heavy atom. The minimum Gasteiger partial charge on any atom is -0.354 e. The lowest BCUT2D eigenvalue weighted by atomic mass is 10.2. The average molecular weight is 313 g/mol. The first kappa shape index (κ1) is 17.6. The summed E-state index contributed by atoms with van der Waals surface area (Å²) in [7, 11) is -3.64. The molecule has 1 aromatic rings. The van der Waals surface area contributed by atoms with Crippen LogP contribution < -0.4 is 15.8 Å². The maximum atomic E-state index is 12.2. The second-order valence-corrected chi connectivity index (χ2v) is 6.57. The van der Waals surface area contributed by atoms with Crippen LogP contribution in [0.15, 0.2) is 29.2 Å².